The van der Waals surface area contributed by atoms with Gasteiger partial charge in [-0.1, -0.05) is 5.92 Å². The Morgan fingerprint density at radius 1 is 1.56 bits per heavy atom. The summed E-state index contributed by atoms with van der Waals surface area (Å²) in [4.78, 5) is 21.2. The van der Waals surface area contributed by atoms with E-state index in [1.165, 1.54) is 0 Å². The van der Waals surface area contributed by atoms with Crippen molar-refractivity contribution in [2.45, 2.75) is 6.92 Å². The van der Waals surface area contributed by atoms with Gasteiger partial charge in [-0.05, 0) is 31.0 Å². The zero-order chi connectivity index (χ0) is 12.0. The Balaban J connectivity index is 3.05. The molecule has 0 saturated carbocycles. The van der Waals surface area contributed by atoms with Crippen LogP contribution in [0, 0.1) is 11.8 Å². The molecule has 0 unspecified atom stereocenters. The van der Waals surface area contributed by atoms with E-state index in [1.54, 1.807) is 18.2 Å². The number of primary amides is 1. The maximum atomic E-state index is 10.8. The van der Waals surface area contributed by atoms with Crippen molar-refractivity contribution in [1.29, 1.82) is 0 Å². The molecule has 16 heavy (non-hydrogen) atoms. The first-order chi connectivity index (χ1) is 7.67. The molecule has 0 aliphatic rings. The fourth-order valence-corrected chi connectivity index (χ4v) is 1.14. The predicted octanol–water partition coefficient (Wildman–Crippen LogP) is 0.735. The second kappa shape index (κ2) is 5.56. The van der Waals surface area contributed by atoms with Crippen LogP contribution in [0.1, 0.15) is 22.8 Å². The van der Waals surface area contributed by atoms with Crippen LogP contribution in [0.3, 0.4) is 0 Å². The molecule has 0 radical (unpaired) electrons. The highest BCUT2D eigenvalue weighted by molar-refractivity contribution is 5.92. The molecule has 1 rings (SSSR count). The summed E-state index contributed by atoms with van der Waals surface area (Å²) in [6.45, 7) is 2.31. The van der Waals surface area contributed by atoms with Crippen molar-refractivity contribution in [2.24, 2.45) is 5.73 Å². The van der Waals surface area contributed by atoms with Crippen LogP contribution in [-0.4, -0.2) is 18.8 Å². The second-order valence-electron chi connectivity index (χ2n) is 2.92. The van der Waals surface area contributed by atoms with Gasteiger partial charge in [-0.25, -0.2) is 0 Å². The number of hydrogen-bond donors (Lipinski definition) is 1. The summed E-state index contributed by atoms with van der Waals surface area (Å²) >= 11 is 0. The number of ether oxygens (including phenoxy) is 1. The number of hydrogen-bond acceptors (Lipinski definition) is 3. The van der Waals surface area contributed by atoms with E-state index in [1.807, 2.05) is 6.92 Å². The smallest absolute Gasteiger partial charge is 0.293 e. The molecule has 4 nitrogen and oxygen atoms in total. The molecule has 0 aliphatic heterocycles. The molecule has 0 aromatic heterocycles. The van der Waals surface area contributed by atoms with Gasteiger partial charge >= 0.3 is 0 Å². The molecule has 0 fully saturated rings. The summed E-state index contributed by atoms with van der Waals surface area (Å²) in [5, 5.41) is 0. The lowest BCUT2D eigenvalue weighted by Gasteiger charge is -2.05. The molecule has 1 aromatic rings. The largest absolute Gasteiger partial charge is 0.493 e. The highest BCUT2D eigenvalue weighted by atomic mass is 16.5. The molecule has 82 valence electrons. The minimum Gasteiger partial charge on any atom is -0.493 e. The lowest BCUT2D eigenvalue weighted by molar-refractivity contribution is -0.112. The lowest BCUT2D eigenvalue weighted by Crippen LogP contribution is -2.06. The van der Waals surface area contributed by atoms with E-state index >= 15 is 0 Å². The van der Waals surface area contributed by atoms with Gasteiger partial charge in [0.15, 0.2) is 6.29 Å². The standard InChI is InChI=1S/C12H11NO3/c1-2-16-11-5-3-9(4-6-12(13)15)7-10(11)8-14/h3,5,7-8H,2H2,1H3,(H2,13,15). The van der Waals surface area contributed by atoms with E-state index < -0.39 is 5.91 Å². The van der Waals surface area contributed by atoms with Crippen molar-refractivity contribution in [2.75, 3.05) is 6.61 Å². The van der Waals surface area contributed by atoms with Crippen LogP contribution in [0.5, 0.6) is 5.75 Å². The maximum absolute atomic E-state index is 10.8. The van der Waals surface area contributed by atoms with Crippen molar-refractivity contribution in [1.82, 2.24) is 0 Å². The molecule has 0 heterocycles. The van der Waals surface area contributed by atoms with Gasteiger partial charge in [0.25, 0.3) is 5.91 Å². The first-order valence-corrected chi connectivity index (χ1v) is 4.71. The van der Waals surface area contributed by atoms with Gasteiger partial charge in [-0.15, -0.1) is 0 Å². The molecule has 1 amide bonds. The molecule has 4 heteroatoms. The second-order valence-corrected chi connectivity index (χ2v) is 2.92. The highest BCUT2D eigenvalue weighted by Crippen LogP contribution is 2.17. The highest BCUT2D eigenvalue weighted by Gasteiger charge is 2.02. The number of amides is 1. The first kappa shape index (κ1) is 11.8. The van der Waals surface area contributed by atoms with E-state index in [0.717, 1.165) is 0 Å². The molecule has 0 spiro atoms. The summed E-state index contributed by atoms with van der Waals surface area (Å²) in [7, 11) is 0. The monoisotopic (exact) mass is 217 g/mol. The summed E-state index contributed by atoms with van der Waals surface area (Å²) in [5.74, 6) is 4.54. The summed E-state index contributed by atoms with van der Waals surface area (Å²) in [6, 6.07) is 4.85. The Hall–Kier alpha value is -2.28. The van der Waals surface area contributed by atoms with Crippen LogP contribution < -0.4 is 10.5 Å². The average molecular weight is 217 g/mol. The third kappa shape index (κ3) is 3.14. The Labute approximate surface area is 93.4 Å². The summed E-state index contributed by atoms with van der Waals surface area (Å²) in [5.41, 5.74) is 5.83. The number of carbonyl (C=O) groups excluding carboxylic acids is 2. The van der Waals surface area contributed by atoms with Crippen molar-refractivity contribution >= 4 is 12.2 Å². The zero-order valence-electron chi connectivity index (χ0n) is 8.82. The summed E-state index contributed by atoms with van der Waals surface area (Å²) in [6.07, 6.45) is 0.681. The van der Waals surface area contributed by atoms with Gasteiger partial charge in [-0.2, -0.15) is 0 Å². The van der Waals surface area contributed by atoms with Crippen LogP contribution >= 0.6 is 0 Å². The molecule has 2 N–H and O–H groups in total. The van der Waals surface area contributed by atoms with Gasteiger partial charge < -0.3 is 10.5 Å². The van der Waals surface area contributed by atoms with Crippen molar-refractivity contribution in [3.63, 3.8) is 0 Å². The SMILES string of the molecule is CCOc1ccc(C#CC(N)=O)cc1C=O. The van der Waals surface area contributed by atoms with Crippen molar-refractivity contribution < 1.29 is 14.3 Å². The number of aldehydes is 1. The number of nitrogens with two attached hydrogens (primary N) is 1. The predicted molar refractivity (Wildman–Crippen MR) is 59.1 cm³/mol. The molecule has 0 atom stereocenters. The van der Waals surface area contributed by atoms with Gasteiger partial charge in [-0.3, -0.25) is 9.59 Å². The van der Waals surface area contributed by atoms with Crippen LogP contribution in [0.2, 0.25) is 0 Å². The molecule has 0 aliphatic carbocycles. The quantitative estimate of drug-likeness (QED) is 0.599. The Kier molecular flexibility index (Phi) is 4.10. The normalized spacial score (nSPS) is 8.81. The van der Waals surface area contributed by atoms with E-state index in [9.17, 15) is 9.59 Å². The van der Waals surface area contributed by atoms with Crippen LogP contribution in [0.4, 0.5) is 0 Å². The van der Waals surface area contributed by atoms with Crippen LogP contribution in [-0.2, 0) is 4.79 Å². The minimum atomic E-state index is -0.707. The third-order valence-corrected chi connectivity index (χ3v) is 1.77. The first-order valence-electron chi connectivity index (χ1n) is 4.71. The van der Waals surface area contributed by atoms with E-state index in [-0.39, 0.29) is 0 Å². The van der Waals surface area contributed by atoms with Crippen molar-refractivity contribution in [3.8, 4) is 17.6 Å². The third-order valence-electron chi connectivity index (χ3n) is 1.77. The molecular formula is C12H11NO3. The van der Waals surface area contributed by atoms with Gasteiger partial charge in [0, 0.05) is 5.56 Å². The number of carbonyl (C=O) groups is 2. The maximum Gasteiger partial charge on any atom is 0.293 e. The zero-order valence-corrected chi connectivity index (χ0v) is 8.82. The van der Waals surface area contributed by atoms with Gasteiger partial charge in [0.2, 0.25) is 0 Å². The lowest BCUT2D eigenvalue weighted by atomic mass is 10.1. The van der Waals surface area contributed by atoms with Crippen LogP contribution in [0.15, 0.2) is 18.2 Å². The summed E-state index contributed by atoms with van der Waals surface area (Å²) < 4.78 is 5.24. The number of rotatable bonds is 3. The molecule has 0 saturated heterocycles. The fourth-order valence-electron chi connectivity index (χ4n) is 1.14. The molecule has 1 aromatic carbocycles. The topological polar surface area (TPSA) is 69.4 Å². The average Bonchev–Trinajstić information content (AvgIpc) is 2.28. The Morgan fingerprint density at radius 2 is 2.31 bits per heavy atom. The van der Waals surface area contributed by atoms with Gasteiger partial charge in [0.05, 0.1) is 12.2 Å². The number of benzene rings is 1. The Bertz CT molecular complexity index is 469. The fraction of sp³-hybridized carbons (Fsp3) is 0.167. The van der Waals surface area contributed by atoms with Crippen LogP contribution in [0.25, 0.3) is 0 Å². The minimum absolute atomic E-state index is 0.401. The molecular weight excluding hydrogens is 206 g/mol. The van der Waals surface area contributed by atoms with E-state index in [0.29, 0.717) is 29.8 Å². The van der Waals surface area contributed by atoms with E-state index in [2.05, 4.69) is 11.8 Å². The van der Waals surface area contributed by atoms with Crippen molar-refractivity contribution in [3.05, 3.63) is 29.3 Å². The van der Waals surface area contributed by atoms with E-state index in [4.69, 9.17) is 10.5 Å². The Morgan fingerprint density at radius 3 is 2.88 bits per heavy atom. The molecule has 0 bridgehead atoms. The van der Waals surface area contributed by atoms with Gasteiger partial charge in [0.1, 0.15) is 5.75 Å².